The summed E-state index contributed by atoms with van der Waals surface area (Å²) in [6.07, 6.45) is 0. The van der Waals surface area contributed by atoms with Crippen molar-refractivity contribution in [1.82, 2.24) is 9.55 Å². The van der Waals surface area contributed by atoms with Crippen molar-refractivity contribution in [2.24, 2.45) is 5.73 Å². The van der Waals surface area contributed by atoms with Crippen LogP contribution < -0.4 is 11.3 Å². The minimum absolute atomic E-state index is 0.0529. The lowest BCUT2D eigenvalue weighted by Crippen LogP contribution is -2.31. The number of rotatable bonds is 2. The van der Waals surface area contributed by atoms with Crippen LogP contribution in [0.1, 0.15) is 12.6 Å². The van der Waals surface area contributed by atoms with Gasteiger partial charge in [-0.3, -0.25) is 4.79 Å². The van der Waals surface area contributed by atoms with E-state index in [0.717, 1.165) is 11.0 Å². The smallest absolute Gasteiger partial charge is 0.272 e. The maximum absolute atomic E-state index is 12.0. The molecule has 0 saturated heterocycles. The first-order valence-corrected chi connectivity index (χ1v) is 5.31. The fourth-order valence-corrected chi connectivity index (χ4v) is 1.79. The summed E-state index contributed by atoms with van der Waals surface area (Å²) < 4.78 is 1.70. The number of benzene rings is 1. The lowest BCUT2D eigenvalue weighted by Gasteiger charge is -2.12. The van der Waals surface area contributed by atoms with E-state index in [0.29, 0.717) is 12.2 Å². The van der Waals surface area contributed by atoms with Crippen molar-refractivity contribution in [3.8, 4) is 0 Å². The molecule has 0 aliphatic rings. The van der Waals surface area contributed by atoms with Gasteiger partial charge in [-0.15, -0.1) is 0 Å². The molecule has 0 amide bonds. The topological polar surface area (TPSA) is 60.9 Å². The van der Waals surface area contributed by atoms with Crippen LogP contribution in [0, 0.1) is 6.92 Å². The van der Waals surface area contributed by atoms with Gasteiger partial charge in [0.2, 0.25) is 0 Å². The summed E-state index contributed by atoms with van der Waals surface area (Å²) >= 11 is 0. The zero-order chi connectivity index (χ0) is 11.7. The highest BCUT2D eigenvalue weighted by Gasteiger charge is 2.08. The van der Waals surface area contributed by atoms with Crippen LogP contribution in [0.4, 0.5) is 0 Å². The Bertz CT molecular complexity index is 572. The first-order valence-electron chi connectivity index (χ1n) is 5.31. The van der Waals surface area contributed by atoms with Gasteiger partial charge in [-0.1, -0.05) is 12.1 Å². The number of fused-ring (bicyclic) bond motifs is 1. The zero-order valence-corrected chi connectivity index (χ0v) is 9.47. The highest BCUT2D eigenvalue weighted by Crippen LogP contribution is 2.09. The van der Waals surface area contributed by atoms with Crippen LogP contribution >= 0.6 is 0 Å². The van der Waals surface area contributed by atoms with E-state index in [1.165, 1.54) is 0 Å². The first kappa shape index (κ1) is 10.8. The minimum atomic E-state index is -0.0593. The highest BCUT2D eigenvalue weighted by molar-refractivity contribution is 5.74. The molecule has 2 N–H and O–H groups in total. The molecular formula is C12H15N3O. The molecule has 1 atom stereocenters. The molecule has 1 aromatic heterocycles. The molecule has 2 rings (SSSR count). The Kier molecular flexibility index (Phi) is 2.75. The Morgan fingerprint density at radius 2 is 2.12 bits per heavy atom. The molecule has 84 valence electrons. The van der Waals surface area contributed by atoms with E-state index in [4.69, 9.17) is 5.73 Å². The SMILES string of the molecule is Cc1nc2ccccc2n(C[C@@H](C)N)c1=O. The van der Waals surface area contributed by atoms with Crippen LogP contribution in [0.15, 0.2) is 29.1 Å². The fourth-order valence-electron chi connectivity index (χ4n) is 1.79. The molecule has 0 unspecified atom stereocenters. The summed E-state index contributed by atoms with van der Waals surface area (Å²) in [4.78, 5) is 16.2. The van der Waals surface area contributed by atoms with Crippen molar-refractivity contribution < 1.29 is 0 Å². The van der Waals surface area contributed by atoms with Gasteiger partial charge in [0.1, 0.15) is 5.69 Å². The predicted molar refractivity (Wildman–Crippen MR) is 64.4 cm³/mol. The number of hydrogen-bond acceptors (Lipinski definition) is 3. The van der Waals surface area contributed by atoms with Crippen LogP contribution in [0.2, 0.25) is 0 Å². The second kappa shape index (κ2) is 4.06. The van der Waals surface area contributed by atoms with Crippen LogP contribution in [0.3, 0.4) is 0 Å². The van der Waals surface area contributed by atoms with E-state index in [1.54, 1.807) is 11.5 Å². The van der Waals surface area contributed by atoms with Crippen LogP contribution in [-0.4, -0.2) is 15.6 Å². The molecule has 1 aromatic carbocycles. The normalized spacial score (nSPS) is 12.9. The van der Waals surface area contributed by atoms with Crippen molar-refractivity contribution >= 4 is 11.0 Å². The molecule has 0 saturated carbocycles. The third-order valence-electron chi connectivity index (χ3n) is 2.49. The van der Waals surface area contributed by atoms with E-state index in [-0.39, 0.29) is 11.6 Å². The number of aryl methyl sites for hydroxylation is 1. The van der Waals surface area contributed by atoms with Crippen LogP contribution in [-0.2, 0) is 6.54 Å². The Hall–Kier alpha value is -1.68. The molecule has 0 aliphatic heterocycles. The Labute approximate surface area is 93.7 Å². The standard InChI is InChI=1S/C12H15N3O/c1-8(13)7-15-11-6-4-3-5-10(11)14-9(2)12(15)16/h3-6,8H,7,13H2,1-2H3/t8-/m1/s1. The van der Waals surface area contributed by atoms with E-state index >= 15 is 0 Å². The largest absolute Gasteiger partial charge is 0.326 e. The Balaban J connectivity index is 2.76. The van der Waals surface area contributed by atoms with Gasteiger partial charge in [-0.2, -0.15) is 0 Å². The Morgan fingerprint density at radius 3 is 2.81 bits per heavy atom. The molecular weight excluding hydrogens is 202 g/mol. The number of aromatic nitrogens is 2. The van der Waals surface area contributed by atoms with Crippen LogP contribution in [0.5, 0.6) is 0 Å². The summed E-state index contributed by atoms with van der Waals surface area (Å²) in [7, 11) is 0. The van der Waals surface area contributed by atoms with Gasteiger partial charge in [0.15, 0.2) is 0 Å². The van der Waals surface area contributed by atoms with Crippen LogP contribution in [0.25, 0.3) is 11.0 Å². The van der Waals surface area contributed by atoms with E-state index in [9.17, 15) is 4.79 Å². The van der Waals surface area contributed by atoms with Gasteiger partial charge < -0.3 is 10.3 Å². The highest BCUT2D eigenvalue weighted by atomic mass is 16.1. The number of nitrogens with zero attached hydrogens (tertiary/aromatic N) is 2. The molecule has 0 spiro atoms. The number of hydrogen-bond donors (Lipinski definition) is 1. The number of para-hydroxylation sites is 2. The molecule has 0 aliphatic carbocycles. The van der Waals surface area contributed by atoms with Gasteiger partial charge in [-0.05, 0) is 26.0 Å². The lowest BCUT2D eigenvalue weighted by molar-refractivity contribution is 0.585. The quantitative estimate of drug-likeness (QED) is 0.818. The maximum atomic E-state index is 12.0. The Morgan fingerprint density at radius 1 is 1.44 bits per heavy atom. The fraction of sp³-hybridized carbons (Fsp3) is 0.333. The first-order chi connectivity index (χ1) is 7.59. The van der Waals surface area contributed by atoms with Gasteiger partial charge in [0.25, 0.3) is 5.56 Å². The molecule has 0 radical (unpaired) electrons. The second-order valence-corrected chi connectivity index (χ2v) is 4.08. The summed E-state index contributed by atoms with van der Waals surface area (Å²) in [5, 5.41) is 0. The predicted octanol–water partition coefficient (Wildman–Crippen LogP) is 1.05. The molecule has 1 heterocycles. The molecule has 0 fully saturated rings. The van der Waals surface area contributed by atoms with Gasteiger partial charge in [0.05, 0.1) is 11.0 Å². The van der Waals surface area contributed by atoms with Crippen molar-refractivity contribution in [1.29, 1.82) is 0 Å². The van der Waals surface area contributed by atoms with Crippen molar-refractivity contribution in [3.05, 3.63) is 40.3 Å². The molecule has 4 nitrogen and oxygen atoms in total. The third-order valence-corrected chi connectivity index (χ3v) is 2.49. The number of nitrogens with two attached hydrogens (primary N) is 1. The van der Waals surface area contributed by atoms with Crippen molar-refractivity contribution in [3.63, 3.8) is 0 Å². The van der Waals surface area contributed by atoms with E-state index in [1.807, 2.05) is 31.2 Å². The minimum Gasteiger partial charge on any atom is -0.326 e. The van der Waals surface area contributed by atoms with Crippen molar-refractivity contribution in [2.75, 3.05) is 0 Å². The molecule has 2 aromatic rings. The van der Waals surface area contributed by atoms with Gasteiger partial charge in [0, 0.05) is 12.6 Å². The molecule has 0 bridgehead atoms. The summed E-state index contributed by atoms with van der Waals surface area (Å²) in [6, 6.07) is 7.56. The van der Waals surface area contributed by atoms with E-state index < -0.39 is 0 Å². The summed E-state index contributed by atoms with van der Waals surface area (Å²) in [5.74, 6) is 0. The third kappa shape index (κ3) is 1.84. The van der Waals surface area contributed by atoms with Gasteiger partial charge in [-0.25, -0.2) is 4.98 Å². The average molecular weight is 217 g/mol. The average Bonchev–Trinajstić information content (AvgIpc) is 2.24. The van der Waals surface area contributed by atoms with E-state index in [2.05, 4.69) is 4.98 Å². The monoisotopic (exact) mass is 217 g/mol. The zero-order valence-electron chi connectivity index (χ0n) is 9.47. The molecule has 16 heavy (non-hydrogen) atoms. The second-order valence-electron chi connectivity index (χ2n) is 4.08. The maximum Gasteiger partial charge on any atom is 0.272 e. The summed E-state index contributed by atoms with van der Waals surface area (Å²) in [6.45, 7) is 4.13. The summed E-state index contributed by atoms with van der Waals surface area (Å²) in [5.41, 5.74) is 7.88. The van der Waals surface area contributed by atoms with Gasteiger partial charge >= 0.3 is 0 Å². The van der Waals surface area contributed by atoms with Crippen molar-refractivity contribution in [2.45, 2.75) is 26.4 Å². The molecule has 4 heteroatoms. The lowest BCUT2D eigenvalue weighted by atomic mass is 10.2.